The van der Waals surface area contributed by atoms with Crippen LogP contribution in [0.3, 0.4) is 0 Å². The fraction of sp³-hybridized carbons (Fsp3) is 0.435. The van der Waals surface area contributed by atoms with Gasteiger partial charge in [0.05, 0.1) is 17.1 Å². The maximum absolute atomic E-state index is 13.3. The van der Waals surface area contributed by atoms with E-state index in [1.807, 2.05) is 25.6 Å². The van der Waals surface area contributed by atoms with E-state index in [1.165, 1.54) is 28.0 Å². The SMILES string of the molecule is CC(OP(=O)(N1CC1)N1CC1)c1ccc(NO)c(Oc2cccc(C(=O)N(C)C)c2)c1.CC(OP(=O)(N1CC1)N1CC1)c1ccc([N+](=O)[O-])c(Oc2cccc(C(=O)N(C)C)c2)c1.O=P(O)(N1CC1)N1CC1. The Morgan fingerprint density at radius 1 is 0.597 bits per heavy atom. The van der Waals surface area contributed by atoms with Crippen LogP contribution >= 0.6 is 23.0 Å². The molecule has 0 spiro atoms. The summed E-state index contributed by atoms with van der Waals surface area (Å²) in [5.74, 6) is 0.785. The highest BCUT2D eigenvalue weighted by Gasteiger charge is 2.51. The van der Waals surface area contributed by atoms with Crippen molar-refractivity contribution in [3.63, 3.8) is 0 Å². The van der Waals surface area contributed by atoms with Gasteiger partial charge in [0.15, 0.2) is 5.75 Å². The van der Waals surface area contributed by atoms with Gasteiger partial charge in [-0.1, -0.05) is 18.2 Å². The van der Waals surface area contributed by atoms with Gasteiger partial charge in [0.25, 0.3) is 11.8 Å². The summed E-state index contributed by atoms with van der Waals surface area (Å²) < 4.78 is 72.1. The third-order valence-electron chi connectivity index (χ3n) is 12.0. The number of carbonyl (C=O) groups excluding carboxylic acids is 2. The van der Waals surface area contributed by atoms with Gasteiger partial charge in [-0.2, -0.15) is 0 Å². The zero-order valence-corrected chi connectivity index (χ0v) is 43.7. The Balaban J connectivity index is 0.000000164. The molecule has 72 heavy (non-hydrogen) atoms. The van der Waals surface area contributed by atoms with Crippen LogP contribution in [0.5, 0.6) is 23.0 Å². The lowest BCUT2D eigenvalue weighted by molar-refractivity contribution is -0.385. The Morgan fingerprint density at radius 3 is 1.33 bits per heavy atom. The average molecular weight is 1050 g/mol. The molecule has 6 aliphatic rings. The van der Waals surface area contributed by atoms with Gasteiger partial charge >= 0.3 is 28.7 Å². The first-order valence-corrected chi connectivity index (χ1v) is 28.1. The van der Waals surface area contributed by atoms with Crippen LogP contribution in [0.1, 0.15) is 57.9 Å². The lowest BCUT2D eigenvalue weighted by Crippen LogP contribution is -2.21. The van der Waals surface area contributed by atoms with Crippen molar-refractivity contribution in [2.24, 2.45) is 0 Å². The number of rotatable bonds is 20. The van der Waals surface area contributed by atoms with Crippen LogP contribution in [0.25, 0.3) is 0 Å². The number of benzene rings is 4. The molecule has 6 heterocycles. The number of nitrogens with one attached hydrogen (secondary N) is 1. The van der Waals surface area contributed by atoms with Crippen LogP contribution in [0.4, 0.5) is 11.4 Å². The summed E-state index contributed by atoms with van der Waals surface area (Å²) in [7, 11) is -2.32. The zero-order chi connectivity index (χ0) is 51.7. The van der Waals surface area contributed by atoms with Crippen molar-refractivity contribution in [1.29, 1.82) is 0 Å². The first-order valence-electron chi connectivity index (χ1n) is 23.5. The zero-order valence-electron chi connectivity index (χ0n) is 41.0. The minimum Gasteiger partial charge on any atom is -0.455 e. The van der Waals surface area contributed by atoms with E-state index in [2.05, 4.69) is 5.48 Å². The maximum atomic E-state index is 13.3. The van der Waals surface area contributed by atoms with Crippen molar-refractivity contribution < 1.29 is 56.8 Å². The smallest absolute Gasteiger partial charge is 0.346 e. The quantitative estimate of drug-likeness (QED) is 0.0337. The minimum atomic E-state index is -3.05. The molecule has 0 aromatic heterocycles. The molecule has 0 saturated carbocycles. The topological polar surface area (TPSA) is 242 Å². The molecule has 3 N–H and O–H groups in total. The number of anilines is 1. The second kappa shape index (κ2) is 21.8. The molecule has 10 rings (SSSR count). The lowest BCUT2D eigenvalue weighted by Gasteiger charge is -2.24. The van der Waals surface area contributed by atoms with Gasteiger partial charge in [0.1, 0.15) is 17.2 Å². The molecule has 26 heteroatoms. The van der Waals surface area contributed by atoms with Crippen molar-refractivity contribution in [2.45, 2.75) is 26.1 Å². The lowest BCUT2D eigenvalue weighted by atomic mass is 10.1. The van der Waals surface area contributed by atoms with Gasteiger partial charge < -0.3 is 24.2 Å². The second-order valence-corrected chi connectivity index (χ2v) is 25.0. The summed E-state index contributed by atoms with van der Waals surface area (Å²) in [4.78, 5) is 47.6. The fourth-order valence-corrected chi connectivity index (χ4v) is 13.6. The summed E-state index contributed by atoms with van der Waals surface area (Å²) in [6.45, 7) is 12.9. The van der Waals surface area contributed by atoms with Gasteiger partial charge in [0, 0.05) is 124 Å². The van der Waals surface area contributed by atoms with Crippen LogP contribution in [-0.4, -0.2) is 171 Å². The number of amides is 2. The van der Waals surface area contributed by atoms with Gasteiger partial charge in [-0.25, -0.2) is 28.0 Å². The number of carbonyl (C=O) groups is 2. The Bertz CT molecular complexity index is 2770. The van der Waals surface area contributed by atoms with Crippen LogP contribution < -0.4 is 15.0 Å². The molecule has 4 aromatic carbocycles. The van der Waals surface area contributed by atoms with Crippen molar-refractivity contribution >= 4 is 46.2 Å². The number of nitrogens with zero attached hydrogens (tertiary/aromatic N) is 9. The highest BCUT2D eigenvalue weighted by molar-refractivity contribution is 7.55. The first kappa shape index (κ1) is 53.2. The molecular formula is C46H61N10O13P3. The summed E-state index contributed by atoms with van der Waals surface area (Å²) in [5.41, 5.74) is 4.54. The summed E-state index contributed by atoms with van der Waals surface area (Å²) in [6, 6.07) is 22.9. The van der Waals surface area contributed by atoms with E-state index in [1.54, 1.807) is 111 Å². The Labute approximate surface area is 418 Å². The van der Waals surface area contributed by atoms with E-state index in [0.717, 1.165) is 84.1 Å². The molecule has 0 bridgehead atoms. The highest BCUT2D eigenvalue weighted by Crippen LogP contribution is 2.64. The summed E-state index contributed by atoms with van der Waals surface area (Å²) >= 11 is 0. The third kappa shape index (κ3) is 13.0. The number of hydrogen-bond acceptors (Lipinski definition) is 13. The molecule has 6 aliphatic heterocycles. The number of ether oxygens (including phenoxy) is 2. The first-order chi connectivity index (χ1) is 34.2. The van der Waals surface area contributed by atoms with E-state index in [9.17, 15) is 43.5 Å². The van der Waals surface area contributed by atoms with Crippen molar-refractivity contribution in [2.75, 3.05) is 112 Å². The Kier molecular flexibility index (Phi) is 16.1. The number of hydrogen-bond donors (Lipinski definition) is 3. The van der Waals surface area contributed by atoms with Crippen LogP contribution in [0.2, 0.25) is 0 Å². The molecule has 4 aromatic rings. The van der Waals surface area contributed by atoms with E-state index < -0.39 is 40.1 Å². The van der Waals surface area contributed by atoms with Crippen molar-refractivity contribution in [3.05, 3.63) is 117 Å². The Hall–Kier alpha value is -5.09. The highest BCUT2D eigenvalue weighted by atomic mass is 31.2. The number of nitro groups is 1. The van der Waals surface area contributed by atoms with Gasteiger partial charge in [-0.3, -0.25) is 53.1 Å². The van der Waals surface area contributed by atoms with Gasteiger partial charge in [-0.15, -0.1) is 0 Å². The van der Waals surface area contributed by atoms with Gasteiger partial charge in [0.2, 0.25) is 5.75 Å². The summed E-state index contributed by atoms with van der Waals surface area (Å²) in [6.07, 6.45) is -1.00. The van der Waals surface area contributed by atoms with Gasteiger partial charge in [-0.05, 0) is 85.6 Å². The second-order valence-electron chi connectivity index (χ2n) is 18.2. The largest absolute Gasteiger partial charge is 0.455 e. The predicted molar refractivity (Wildman–Crippen MR) is 267 cm³/mol. The maximum Gasteiger partial charge on any atom is 0.346 e. The van der Waals surface area contributed by atoms with Crippen LogP contribution in [-0.2, 0) is 22.7 Å². The van der Waals surface area contributed by atoms with Crippen LogP contribution in [0.15, 0.2) is 84.9 Å². The molecule has 0 aliphatic carbocycles. The molecule has 388 valence electrons. The van der Waals surface area contributed by atoms with Crippen molar-refractivity contribution in [1.82, 2.24) is 37.8 Å². The minimum absolute atomic E-state index is 0.0192. The van der Waals surface area contributed by atoms with E-state index in [0.29, 0.717) is 39.6 Å². The van der Waals surface area contributed by atoms with E-state index in [-0.39, 0.29) is 23.3 Å². The molecule has 6 saturated heterocycles. The summed E-state index contributed by atoms with van der Waals surface area (Å²) in [5, 5.41) is 21.1. The molecule has 23 nitrogen and oxygen atoms in total. The molecule has 2 atom stereocenters. The molecule has 2 amide bonds. The molecular weight excluding hydrogens is 993 g/mol. The fourth-order valence-electron chi connectivity index (χ4n) is 7.28. The monoisotopic (exact) mass is 1050 g/mol. The molecule has 6 fully saturated rings. The predicted octanol–water partition coefficient (Wildman–Crippen LogP) is 7.42. The molecule has 0 radical (unpaired) electrons. The van der Waals surface area contributed by atoms with E-state index >= 15 is 0 Å². The van der Waals surface area contributed by atoms with Crippen molar-refractivity contribution in [3.8, 4) is 23.0 Å². The average Bonchev–Trinajstić information content (AvgIpc) is 4.15. The molecule has 2 unspecified atom stereocenters. The standard InChI is InChI=1S/C21H25N4O6P.C21H27N4O5P.C4H9N2O2P/c1-15(31-32(29,23-9-10-23)24-11-12-24)16-7-8-19(25(27)28)20(14-16)30-18-6-4-5-17(13-18)21(26)22(2)3;1-15(30-31(28,24-9-10-24)25-11-12-25)16-7-8-19(22-27)20(14-16)29-18-6-4-5-17(13-18)21(26)23(2)3;7-9(8,5-1-2-5)6-3-4-6/h4-8,13-15H,9-12H2,1-3H3;4-8,13-15,22,27H,9-12H2,1-3H3;1-4H2,(H,7,8). The van der Waals surface area contributed by atoms with E-state index in [4.69, 9.17) is 18.5 Å². The number of nitro benzene ring substituents is 1. The Morgan fingerprint density at radius 2 is 0.972 bits per heavy atom. The van der Waals surface area contributed by atoms with Crippen LogP contribution in [0, 0.1) is 10.1 Å². The third-order valence-corrected chi connectivity index (χ3v) is 19.9. The normalized spacial score (nSPS) is 18.5.